The first-order valence-corrected chi connectivity index (χ1v) is 8.37. The first-order chi connectivity index (χ1) is 10.2. The van der Waals surface area contributed by atoms with Gasteiger partial charge in [-0.2, -0.15) is 0 Å². The predicted octanol–water partition coefficient (Wildman–Crippen LogP) is 4.34. The van der Waals surface area contributed by atoms with Crippen molar-refractivity contribution in [3.63, 3.8) is 0 Å². The van der Waals surface area contributed by atoms with E-state index in [0.717, 1.165) is 35.0 Å². The van der Waals surface area contributed by atoms with Crippen molar-refractivity contribution in [3.05, 3.63) is 48.3 Å². The van der Waals surface area contributed by atoms with Crippen molar-refractivity contribution < 1.29 is 4.74 Å². The Hall–Kier alpha value is -1.52. The van der Waals surface area contributed by atoms with Crippen LogP contribution < -0.4 is 10.1 Å². The molecule has 0 spiro atoms. The van der Waals surface area contributed by atoms with Crippen molar-refractivity contribution in [2.24, 2.45) is 5.92 Å². The molecule has 1 heterocycles. The Morgan fingerprint density at radius 3 is 2.76 bits per heavy atom. The SMILES string of the molecule is CSc1ccccc1Oc1ccncc1CNCC(C)C. The molecule has 0 atom stereocenters. The third-order valence-electron chi connectivity index (χ3n) is 3.02. The molecule has 3 nitrogen and oxygen atoms in total. The largest absolute Gasteiger partial charge is 0.456 e. The topological polar surface area (TPSA) is 34.1 Å². The van der Waals surface area contributed by atoms with Crippen LogP contribution in [0.1, 0.15) is 19.4 Å². The average molecular weight is 302 g/mol. The summed E-state index contributed by atoms with van der Waals surface area (Å²) in [5.41, 5.74) is 1.08. The molecule has 4 heteroatoms. The summed E-state index contributed by atoms with van der Waals surface area (Å²) in [4.78, 5) is 5.34. The Balaban J connectivity index is 2.12. The second-order valence-electron chi connectivity index (χ2n) is 5.26. The van der Waals surface area contributed by atoms with Crippen LogP contribution in [0.15, 0.2) is 47.6 Å². The van der Waals surface area contributed by atoms with Crippen molar-refractivity contribution in [2.45, 2.75) is 25.3 Å². The minimum atomic E-state index is 0.628. The molecule has 0 radical (unpaired) electrons. The van der Waals surface area contributed by atoms with E-state index in [0.29, 0.717) is 5.92 Å². The van der Waals surface area contributed by atoms with Gasteiger partial charge < -0.3 is 10.1 Å². The highest BCUT2D eigenvalue weighted by Gasteiger charge is 2.08. The summed E-state index contributed by atoms with van der Waals surface area (Å²) in [6.07, 6.45) is 5.69. The number of para-hydroxylation sites is 1. The summed E-state index contributed by atoms with van der Waals surface area (Å²) in [7, 11) is 0. The van der Waals surface area contributed by atoms with Crippen LogP contribution in [0.3, 0.4) is 0 Å². The number of aromatic nitrogens is 1. The standard InChI is InChI=1S/C17H22N2OS/c1-13(2)10-19-12-14-11-18-9-8-15(14)20-16-6-4-5-7-17(16)21-3/h4-9,11,13,19H,10,12H2,1-3H3. The number of benzene rings is 1. The van der Waals surface area contributed by atoms with Crippen LogP contribution in [0.25, 0.3) is 0 Å². The number of nitrogens with one attached hydrogen (secondary N) is 1. The second-order valence-corrected chi connectivity index (χ2v) is 6.11. The van der Waals surface area contributed by atoms with Crippen molar-refractivity contribution in [3.8, 4) is 11.5 Å². The molecule has 0 bridgehead atoms. The molecule has 112 valence electrons. The van der Waals surface area contributed by atoms with Gasteiger partial charge in [0.25, 0.3) is 0 Å². The Morgan fingerprint density at radius 1 is 1.19 bits per heavy atom. The Morgan fingerprint density at radius 2 is 2.00 bits per heavy atom. The van der Waals surface area contributed by atoms with Crippen LogP contribution in [-0.4, -0.2) is 17.8 Å². The highest BCUT2D eigenvalue weighted by molar-refractivity contribution is 7.98. The number of ether oxygens (including phenoxy) is 1. The van der Waals surface area contributed by atoms with E-state index in [1.54, 1.807) is 18.0 Å². The molecule has 1 aromatic carbocycles. The molecular weight excluding hydrogens is 280 g/mol. The van der Waals surface area contributed by atoms with Crippen molar-refractivity contribution in [1.82, 2.24) is 10.3 Å². The van der Waals surface area contributed by atoms with Gasteiger partial charge in [-0.3, -0.25) is 4.98 Å². The fourth-order valence-electron chi connectivity index (χ4n) is 1.96. The number of thioether (sulfide) groups is 1. The van der Waals surface area contributed by atoms with Gasteiger partial charge in [-0.25, -0.2) is 0 Å². The van der Waals surface area contributed by atoms with Crippen LogP contribution in [0.4, 0.5) is 0 Å². The maximum absolute atomic E-state index is 6.09. The molecule has 0 saturated carbocycles. The van der Waals surface area contributed by atoms with E-state index in [2.05, 4.69) is 36.5 Å². The summed E-state index contributed by atoms with van der Waals surface area (Å²) in [5.74, 6) is 2.38. The maximum atomic E-state index is 6.09. The van der Waals surface area contributed by atoms with E-state index < -0.39 is 0 Å². The van der Waals surface area contributed by atoms with Crippen molar-refractivity contribution in [2.75, 3.05) is 12.8 Å². The van der Waals surface area contributed by atoms with E-state index in [1.807, 2.05) is 30.5 Å². The molecule has 0 saturated heterocycles. The fraction of sp³-hybridized carbons (Fsp3) is 0.353. The lowest BCUT2D eigenvalue weighted by Crippen LogP contribution is -2.19. The van der Waals surface area contributed by atoms with E-state index in [9.17, 15) is 0 Å². The van der Waals surface area contributed by atoms with Crippen molar-refractivity contribution in [1.29, 1.82) is 0 Å². The van der Waals surface area contributed by atoms with Crippen LogP contribution >= 0.6 is 11.8 Å². The van der Waals surface area contributed by atoms with Gasteiger partial charge in [0, 0.05) is 29.4 Å². The molecule has 0 aliphatic carbocycles. The lowest BCUT2D eigenvalue weighted by molar-refractivity contribution is 0.458. The number of nitrogens with zero attached hydrogens (tertiary/aromatic N) is 1. The molecule has 21 heavy (non-hydrogen) atoms. The van der Waals surface area contributed by atoms with Crippen LogP contribution in [0, 0.1) is 5.92 Å². The molecule has 2 aromatic rings. The summed E-state index contributed by atoms with van der Waals surface area (Å²) >= 11 is 1.69. The zero-order valence-electron chi connectivity index (χ0n) is 12.8. The lowest BCUT2D eigenvalue weighted by atomic mass is 10.2. The third-order valence-corrected chi connectivity index (χ3v) is 3.79. The number of pyridine rings is 1. The highest BCUT2D eigenvalue weighted by Crippen LogP contribution is 2.32. The van der Waals surface area contributed by atoms with Crippen molar-refractivity contribution >= 4 is 11.8 Å². The van der Waals surface area contributed by atoms with Gasteiger partial charge in [0.2, 0.25) is 0 Å². The Labute approximate surface area is 131 Å². The van der Waals surface area contributed by atoms with E-state index in [4.69, 9.17) is 4.74 Å². The van der Waals surface area contributed by atoms with Crippen LogP contribution in [0.2, 0.25) is 0 Å². The van der Waals surface area contributed by atoms with Gasteiger partial charge in [-0.15, -0.1) is 11.8 Å². The third kappa shape index (κ3) is 4.76. The van der Waals surface area contributed by atoms with Gasteiger partial charge in [0.15, 0.2) is 0 Å². The summed E-state index contributed by atoms with van der Waals surface area (Å²) in [6, 6.07) is 10.0. The lowest BCUT2D eigenvalue weighted by Gasteiger charge is -2.14. The molecule has 0 fully saturated rings. The van der Waals surface area contributed by atoms with Gasteiger partial charge in [-0.1, -0.05) is 26.0 Å². The van der Waals surface area contributed by atoms with Gasteiger partial charge in [0.1, 0.15) is 11.5 Å². The predicted molar refractivity (Wildman–Crippen MR) is 89.1 cm³/mol. The zero-order chi connectivity index (χ0) is 15.1. The molecule has 0 amide bonds. The molecule has 0 aliphatic rings. The molecule has 1 N–H and O–H groups in total. The molecular formula is C17H22N2OS. The summed E-state index contributed by atoms with van der Waals surface area (Å²) in [5, 5.41) is 3.43. The van der Waals surface area contributed by atoms with Crippen LogP contribution in [-0.2, 0) is 6.54 Å². The maximum Gasteiger partial charge on any atom is 0.140 e. The summed E-state index contributed by atoms with van der Waals surface area (Å²) in [6.45, 7) is 6.14. The first-order valence-electron chi connectivity index (χ1n) is 7.15. The van der Waals surface area contributed by atoms with Gasteiger partial charge in [-0.05, 0) is 36.9 Å². The van der Waals surface area contributed by atoms with E-state index in [1.165, 1.54) is 0 Å². The smallest absolute Gasteiger partial charge is 0.140 e. The van der Waals surface area contributed by atoms with Gasteiger partial charge in [0.05, 0.1) is 0 Å². The molecule has 2 rings (SSSR count). The monoisotopic (exact) mass is 302 g/mol. The molecule has 1 aromatic heterocycles. The number of rotatable bonds is 7. The second kappa shape index (κ2) is 8.05. The highest BCUT2D eigenvalue weighted by atomic mass is 32.2. The number of hydrogen-bond donors (Lipinski definition) is 1. The Bertz CT molecular complexity index is 572. The minimum absolute atomic E-state index is 0.628. The van der Waals surface area contributed by atoms with Crippen LogP contribution in [0.5, 0.6) is 11.5 Å². The average Bonchev–Trinajstić information content (AvgIpc) is 2.49. The summed E-state index contributed by atoms with van der Waals surface area (Å²) < 4.78 is 6.09. The minimum Gasteiger partial charge on any atom is -0.456 e. The Kier molecular flexibility index (Phi) is 6.08. The normalized spacial score (nSPS) is 10.9. The fourth-order valence-corrected chi connectivity index (χ4v) is 2.49. The van der Waals surface area contributed by atoms with Gasteiger partial charge >= 0.3 is 0 Å². The van der Waals surface area contributed by atoms with E-state index >= 15 is 0 Å². The molecule has 0 unspecified atom stereocenters. The zero-order valence-corrected chi connectivity index (χ0v) is 13.6. The first kappa shape index (κ1) is 15.9. The van der Waals surface area contributed by atoms with E-state index in [-0.39, 0.29) is 0 Å². The number of hydrogen-bond acceptors (Lipinski definition) is 4. The molecule has 0 aliphatic heterocycles. The quantitative estimate of drug-likeness (QED) is 0.771.